The fourth-order valence-electron chi connectivity index (χ4n) is 2.75. The van der Waals surface area contributed by atoms with Gasteiger partial charge in [0.15, 0.2) is 0 Å². The molecule has 0 fully saturated rings. The van der Waals surface area contributed by atoms with E-state index in [-0.39, 0.29) is 5.91 Å². The van der Waals surface area contributed by atoms with Crippen molar-refractivity contribution in [3.05, 3.63) is 41.0 Å². The van der Waals surface area contributed by atoms with E-state index in [0.717, 1.165) is 18.7 Å². The van der Waals surface area contributed by atoms with Crippen LogP contribution in [0.25, 0.3) is 0 Å². The fourth-order valence-corrected chi connectivity index (χ4v) is 2.75. The largest absolute Gasteiger partial charge is 0.385 e. The van der Waals surface area contributed by atoms with Crippen molar-refractivity contribution in [2.24, 2.45) is 0 Å². The number of benzene rings is 1. The monoisotopic (exact) mass is 300 g/mol. The van der Waals surface area contributed by atoms with Crippen molar-refractivity contribution in [3.8, 4) is 0 Å². The van der Waals surface area contributed by atoms with Crippen molar-refractivity contribution in [1.29, 1.82) is 0 Å². The summed E-state index contributed by atoms with van der Waals surface area (Å²) in [6.45, 7) is 5.66. The molecule has 0 bridgehead atoms. The number of amides is 1. The molecule has 0 aromatic heterocycles. The van der Waals surface area contributed by atoms with E-state index in [1.165, 1.54) is 42.4 Å². The normalized spacial score (nSPS) is 14.4. The van der Waals surface area contributed by atoms with Gasteiger partial charge in [0.25, 0.3) is 0 Å². The third kappa shape index (κ3) is 5.55. The summed E-state index contributed by atoms with van der Waals surface area (Å²) in [5, 5.41) is 6.33. The maximum Gasteiger partial charge on any atom is 0.221 e. The highest BCUT2D eigenvalue weighted by atomic mass is 16.1. The summed E-state index contributed by atoms with van der Waals surface area (Å²) < 4.78 is 0. The molecular weight excluding hydrogens is 272 g/mol. The van der Waals surface area contributed by atoms with E-state index in [0.29, 0.717) is 13.0 Å². The summed E-state index contributed by atoms with van der Waals surface area (Å²) in [6.07, 6.45) is 8.92. The molecule has 0 atom stereocenters. The minimum absolute atomic E-state index is 0.132. The zero-order valence-corrected chi connectivity index (χ0v) is 13.9. The highest BCUT2D eigenvalue weighted by Crippen LogP contribution is 2.19. The predicted octanol–water partition coefficient (Wildman–Crippen LogP) is 4.11. The van der Waals surface area contributed by atoms with Crippen molar-refractivity contribution in [3.63, 3.8) is 0 Å². The van der Waals surface area contributed by atoms with Gasteiger partial charge in [-0.3, -0.25) is 4.79 Å². The summed E-state index contributed by atoms with van der Waals surface area (Å²) in [5.41, 5.74) is 5.17. The number of rotatable bonds is 7. The second kappa shape index (κ2) is 8.62. The van der Waals surface area contributed by atoms with Crippen molar-refractivity contribution in [2.75, 3.05) is 18.4 Å². The van der Waals surface area contributed by atoms with Crippen molar-refractivity contribution >= 4 is 11.6 Å². The number of carbonyl (C=O) groups is 1. The van der Waals surface area contributed by atoms with Crippen LogP contribution in [-0.4, -0.2) is 19.0 Å². The Morgan fingerprint density at radius 2 is 2.00 bits per heavy atom. The van der Waals surface area contributed by atoms with Gasteiger partial charge in [-0.25, -0.2) is 0 Å². The van der Waals surface area contributed by atoms with Gasteiger partial charge < -0.3 is 10.6 Å². The van der Waals surface area contributed by atoms with Gasteiger partial charge in [-0.1, -0.05) is 17.7 Å². The molecule has 3 heteroatoms. The van der Waals surface area contributed by atoms with E-state index in [2.05, 4.69) is 48.8 Å². The van der Waals surface area contributed by atoms with E-state index in [1.807, 2.05) is 0 Å². The first kappa shape index (κ1) is 16.6. The van der Waals surface area contributed by atoms with Crippen LogP contribution < -0.4 is 10.6 Å². The maximum atomic E-state index is 11.8. The Labute approximate surface area is 134 Å². The number of hydrogen-bond donors (Lipinski definition) is 2. The number of nitrogens with one attached hydrogen (secondary N) is 2. The van der Waals surface area contributed by atoms with Crippen LogP contribution in [0.4, 0.5) is 5.69 Å². The second-order valence-corrected chi connectivity index (χ2v) is 6.18. The van der Waals surface area contributed by atoms with Crippen molar-refractivity contribution < 1.29 is 4.79 Å². The fraction of sp³-hybridized carbons (Fsp3) is 0.526. The quantitative estimate of drug-likeness (QED) is 0.744. The van der Waals surface area contributed by atoms with Gasteiger partial charge in [0.2, 0.25) is 5.91 Å². The average Bonchev–Trinajstić information content (AvgIpc) is 2.52. The second-order valence-electron chi connectivity index (χ2n) is 6.18. The lowest BCUT2D eigenvalue weighted by atomic mass is 9.97. The zero-order chi connectivity index (χ0) is 15.8. The first-order chi connectivity index (χ1) is 10.6. The van der Waals surface area contributed by atoms with E-state index in [9.17, 15) is 4.79 Å². The van der Waals surface area contributed by atoms with Gasteiger partial charge in [-0.2, -0.15) is 0 Å². The molecule has 2 N–H and O–H groups in total. The lowest BCUT2D eigenvalue weighted by Gasteiger charge is -2.13. The van der Waals surface area contributed by atoms with Gasteiger partial charge in [-0.05, 0) is 69.2 Å². The predicted molar refractivity (Wildman–Crippen MR) is 93.2 cm³/mol. The lowest BCUT2D eigenvalue weighted by molar-refractivity contribution is -0.120. The topological polar surface area (TPSA) is 41.1 Å². The summed E-state index contributed by atoms with van der Waals surface area (Å²) in [6, 6.07) is 6.30. The van der Waals surface area contributed by atoms with Crippen LogP contribution in [0.1, 0.15) is 49.7 Å². The van der Waals surface area contributed by atoms with E-state index in [1.54, 1.807) is 0 Å². The molecule has 3 nitrogen and oxygen atoms in total. The molecule has 0 saturated heterocycles. The van der Waals surface area contributed by atoms with E-state index >= 15 is 0 Å². The SMILES string of the molecule is Cc1ccc(NCCC(=O)NCCC2=CCCCC2)cc1C. The third-order valence-corrected chi connectivity index (χ3v) is 4.34. The van der Waals surface area contributed by atoms with Gasteiger partial charge in [0.05, 0.1) is 0 Å². The molecule has 120 valence electrons. The molecule has 0 unspecified atom stereocenters. The number of hydrogen-bond acceptors (Lipinski definition) is 2. The van der Waals surface area contributed by atoms with Gasteiger partial charge in [0, 0.05) is 25.2 Å². The molecule has 2 rings (SSSR count). The minimum atomic E-state index is 0.132. The van der Waals surface area contributed by atoms with Crippen LogP contribution in [-0.2, 0) is 4.79 Å². The van der Waals surface area contributed by atoms with Crippen LogP contribution >= 0.6 is 0 Å². The number of carbonyl (C=O) groups excluding carboxylic acids is 1. The molecule has 0 spiro atoms. The average molecular weight is 300 g/mol. The molecular formula is C19H28N2O. The smallest absolute Gasteiger partial charge is 0.221 e. The van der Waals surface area contributed by atoms with Gasteiger partial charge in [0.1, 0.15) is 0 Å². The maximum absolute atomic E-state index is 11.8. The number of allylic oxidation sites excluding steroid dienone is 1. The molecule has 1 aliphatic rings. The van der Waals surface area contributed by atoms with Crippen molar-refractivity contribution in [2.45, 2.75) is 52.4 Å². The molecule has 1 aromatic carbocycles. The minimum Gasteiger partial charge on any atom is -0.385 e. The molecule has 22 heavy (non-hydrogen) atoms. The Balaban J connectivity index is 1.61. The van der Waals surface area contributed by atoms with Gasteiger partial charge in [-0.15, -0.1) is 0 Å². The molecule has 0 aliphatic heterocycles. The molecule has 0 radical (unpaired) electrons. The number of anilines is 1. The molecule has 1 amide bonds. The Morgan fingerprint density at radius 3 is 2.73 bits per heavy atom. The van der Waals surface area contributed by atoms with E-state index < -0.39 is 0 Å². The van der Waals surface area contributed by atoms with Crippen LogP contribution in [0.5, 0.6) is 0 Å². The molecule has 0 saturated carbocycles. The van der Waals surface area contributed by atoms with Crippen molar-refractivity contribution in [1.82, 2.24) is 5.32 Å². The number of aryl methyl sites for hydroxylation is 2. The van der Waals surface area contributed by atoms with Crippen LogP contribution in [0.2, 0.25) is 0 Å². The first-order valence-corrected chi connectivity index (χ1v) is 8.41. The Kier molecular flexibility index (Phi) is 6.50. The summed E-state index contributed by atoms with van der Waals surface area (Å²) >= 11 is 0. The summed E-state index contributed by atoms with van der Waals surface area (Å²) in [4.78, 5) is 11.8. The molecule has 0 heterocycles. The summed E-state index contributed by atoms with van der Waals surface area (Å²) in [5.74, 6) is 0.132. The standard InChI is InChI=1S/C19H28N2O/c1-15-8-9-18(14-16(15)2)20-13-11-19(22)21-12-10-17-6-4-3-5-7-17/h6,8-9,14,20H,3-5,7,10-13H2,1-2H3,(H,21,22). The Bertz CT molecular complexity index is 534. The third-order valence-electron chi connectivity index (χ3n) is 4.34. The van der Waals surface area contributed by atoms with E-state index in [4.69, 9.17) is 0 Å². The first-order valence-electron chi connectivity index (χ1n) is 8.41. The van der Waals surface area contributed by atoms with Crippen LogP contribution in [0.15, 0.2) is 29.8 Å². The Morgan fingerprint density at radius 1 is 1.14 bits per heavy atom. The lowest BCUT2D eigenvalue weighted by Crippen LogP contribution is -2.26. The van der Waals surface area contributed by atoms with Crippen LogP contribution in [0.3, 0.4) is 0 Å². The summed E-state index contributed by atoms with van der Waals surface area (Å²) in [7, 11) is 0. The highest BCUT2D eigenvalue weighted by molar-refractivity contribution is 5.76. The zero-order valence-electron chi connectivity index (χ0n) is 13.9. The highest BCUT2D eigenvalue weighted by Gasteiger charge is 2.05. The van der Waals surface area contributed by atoms with Crippen LogP contribution in [0, 0.1) is 13.8 Å². The molecule has 1 aromatic rings. The van der Waals surface area contributed by atoms with Gasteiger partial charge >= 0.3 is 0 Å². The molecule has 1 aliphatic carbocycles. The Hall–Kier alpha value is -1.77.